The molecule has 0 radical (unpaired) electrons. The van der Waals surface area contributed by atoms with E-state index in [0.717, 1.165) is 29.7 Å². The van der Waals surface area contributed by atoms with Crippen molar-refractivity contribution in [3.8, 4) is 11.5 Å². The molecule has 2 aliphatic rings. The molecular weight excluding hydrogens is 380 g/mol. The number of likely N-dealkylation sites (tertiary alicyclic amines) is 1. The highest BCUT2D eigenvalue weighted by Gasteiger charge is 2.21. The van der Waals surface area contributed by atoms with Gasteiger partial charge in [0.25, 0.3) is 5.91 Å². The maximum atomic E-state index is 12.7. The molecule has 0 spiro atoms. The fourth-order valence-electron chi connectivity index (χ4n) is 3.81. The van der Waals surface area contributed by atoms with Crippen molar-refractivity contribution in [1.29, 1.82) is 0 Å². The molecule has 1 saturated heterocycles. The summed E-state index contributed by atoms with van der Waals surface area (Å²) < 4.78 is 11.4. The van der Waals surface area contributed by atoms with Crippen LogP contribution in [0.5, 0.6) is 11.5 Å². The average Bonchev–Trinajstić information content (AvgIpc) is 3.16. The fraction of sp³-hybridized carbons (Fsp3) is 0.333. The van der Waals surface area contributed by atoms with Crippen LogP contribution >= 0.6 is 0 Å². The van der Waals surface area contributed by atoms with E-state index in [9.17, 15) is 9.59 Å². The number of benzene rings is 2. The summed E-state index contributed by atoms with van der Waals surface area (Å²) in [5, 5.41) is 2.97. The first-order chi connectivity index (χ1) is 14.6. The van der Waals surface area contributed by atoms with Gasteiger partial charge in [-0.3, -0.25) is 9.59 Å². The Balaban J connectivity index is 1.39. The van der Waals surface area contributed by atoms with Gasteiger partial charge < -0.3 is 19.7 Å². The van der Waals surface area contributed by atoms with Crippen LogP contribution in [0.25, 0.3) is 6.08 Å². The zero-order valence-electron chi connectivity index (χ0n) is 17.1. The minimum absolute atomic E-state index is 0.150. The van der Waals surface area contributed by atoms with E-state index in [1.165, 1.54) is 0 Å². The summed E-state index contributed by atoms with van der Waals surface area (Å²) in [6, 6.07) is 13.7. The van der Waals surface area contributed by atoms with E-state index >= 15 is 0 Å². The second kappa shape index (κ2) is 9.03. The van der Waals surface area contributed by atoms with Crippen molar-refractivity contribution in [2.24, 2.45) is 0 Å². The van der Waals surface area contributed by atoms with Crippen LogP contribution in [-0.4, -0.2) is 36.5 Å². The largest absolute Gasteiger partial charge is 0.490 e. The number of amides is 2. The molecule has 0 aromatic heterocycles. The maximum absolute atomic E-state index is 12.7. The van der Waals surface area contributed by atoms with E-state index in [1.54, 1.807) is 0 Å². The summed E-state index contributed by atoms with van der Waals surface area (Å²) in [6.07, 6.45) is 3.43. The lowest BCUT2D eigenvalue weighted by atomic mass is 10.1. The lowest BCUT2D eigenvalue weighted by Crippen LogP contribution is -2.28. The van der Waals surface area contributed by atoms with Gasteiger partial charge in [0.2, 0.25) is 5.91 Å². The van der Waals surface area contributed by atoms with Crippen molar-refractivity contribution in [2.45, 2.75) is 32.9 Å². The van der Waals surface area contributed by atoms with Crippen LogP contribution in [0.3, 0.4) is 0 Å². The van der Waals surface area contributed by atoms with Crippen LogP contribution in [-0.2, 0) is 22.7 Å². The summed E-state index contributed by atoms with van der Waals surface area (Å²) in [4.78, 5) is 26.4. The van der Waals surface area contributed by atoms with Gasteiger partial charge in [0, 0.05) is 31.6 Å². The van der Waals surface area contributed by atoms with Crippen LogP contribution in [0.4, 0.5) is 0 Å². The molecule has 2 aromatic carbocycles. The van der Waals surface area contributed by atoms with Gasteiger partial charge in [-0.2, -0.15) is 0 Å². The normalized spacial score (nSPS) is 15.3. The van der Waals surface area contributed by atoms with Crippen molar-refractivity contribution >= 4 is 17.9 Å². The van der Waals surface area contributed by atoms with E-state index in [0.29, 0.717) is 43.2 Å². The number of carbonyl (C=O) groups excluding carboxylic acids is 2. The zero-order chi connectivity index (χ0) is 20.9. The maximum Gasteiger partial charge on any atom is 0.250 e. The Labute approximate surface area is 176 Å². The van der Waals surface area contributed by atoms with Crippen molar-refractivity contribution in [1.82, 2.24) is 10.2 Å². The Hall–Kier alpha value is -3.28. The molecule has 6 heteroatoms. The standard InChI is InChI=1S/C24H26N2O4/c1-2-29-21-9-4-8-19-13-20(16-30-23(19)21)24(28)25-14-17-6-3-7-18(12-17)15-26-11-5-10-22(26)27/h3-4,6-9,12-13H,2,5,10-11,14-16H2,1H3,(H,25,28). The highest BCUT2D eigenvalue weighted by molar-refractivity contribution is 5.99. The van der Waals surface area contributed by atoms with Crippen molar-refractivity contribution < 1.29 is 19.1 Å². The fourth-order valence-corrected chi connectivity index (χ4v) is 3.81. The van der Waals surface area contributed by atoms with E-state index in [4.69, 9.17) is 9.47 Å². The quantitative estimate of drug-likeness (QED) is 0.766. The first kappa shape index (κ1) is 20.0. The van der Waals surface area contributed by atoms with Crippen LogP contribution in [0.1, 0.15) is 36.5 Å². The molecule has 0 bridgehead atoms. The number of hydrogen-bond donors (Lipinski definition) is 1. The third-order valence-corrected chi connectivity index (χ3v) is 5.29. The van der Waals surface area contributed by atoms with Gasteiger partial charge in [-0.1, -0.05) is 36.4 Å². The molecule has 0 aliphatic carbocycles. The predicted molar refractivity (Wildman–Crippen MR) is 114 cm³/mol. The second-order valence-electron chi connectivity index (χ2n) is 7.49. The third kappa shape index (κ3) is 4.48. The van der Waals surface area contributed by atoms with Crippen molar-refractivity contribution in [2.75, 3.05) is 19.8 Å². The van der Waals surface area contributed by atoms with Gasteiger partial charge in [0.05, 0.1) is 12.2 Å². The van der Waals surface area contributed by atoms with Crippen molar-refractivity contribution in [3.05, 3.63) is 64.7 Å². The van der Waals surface area contributed by atoms with Crippen LogP contribution in [0.15, 0.2) is 48.0 Å². The summed E-state index contributed by atoms with van der Waals surface area (Å²) in [6.45, 7) is 4.56. The van der Waals surface area contributed by atoms with Gasteiger partial charge in [-0.05, 0) is 36.6 Å². The first-order valence-corrected chi connectivity index (χ1v) is 10.4. The number of carbonyl (C=O) groups is 2. The van der Waals surface area contributed by atoms with Gasteiger partial charge in [-0.15, -0.1) is 0 Å². The minimum Gasteiger partial charge on any atom is -0.490 e. The number of rotatable bonds is 7. The van der Waals surface area contributed by atoms with Gasteiger partial charge in [-0.25, -0.2) is 0 Å². The van der Waals surface area contributed by atoms with Crippen LogP contribution in [0, 0.1) is 0 Å². The van der Waals surface area contributed by atoms with Gasteiger partial charge in [0.15, 0.2) is 11.5 Å². The summed E-state index contributed by atoms with van der Waals surface area (Å²) in [5.41, 5.74) is 3.50. The smallest absolute Gasteiger partial charge is 0.250 e. The van der Waals surface area contributed by atoms with Gasteiger partial charge >= 0.3 is 0 Å². The average molecular weight is 406 g/mol. The molecule has 0 atom stereocenters. The molecule has 2 aromatic rings. The number of hydrogen-bond acceptors (Lipinski definition) is 4. The number of fused-ring (bicyclic) bond motifs is 1. The molecular formula is C24H26N2O4. The summed E-state index contributed by atoms with van der Waals surface area (Å²) in [7, 11) is 0. The molecule has 4 rings (SSSR count). The summed E-state index contributed by atoms with van der Waals surface area (Å²) >= 11 is 0. The van der Waals surface area contributed by atoms with E-state index in [-0.39, 0.29) is 18.4 Å². The topological polar surface area (TPSA) is 67.9 Å². The number of nitrogens with zero attached hydrogens (tertiary/aromatic N) is 1. The molecule has 30 heavy (non-hydrogen) atoms. The molecule has 156 valence electrons. The first-order valence-electron chi connectivity index (χ1n) is 10.4. The molecule has 2 amide bonds. The minimum atomic E-state index is -0.150. The lowest BCUT2D eigenvalue weighted by Gasteiger charge is -2.20. The molecule has 0 saturated carbocycles. The molecule has 1 fully saturated rings. The Kier molecular flexibility index (Phi) is 6.02. The summed E-state index contributed by atoms with van der Waals surface area (Å²) in [5.74, 6) is 1.44. The number of para-hydroxylation sites is 1. The second-order valence-corrected chi connectivity index (χ2v) is 7.49. The molecule has 0 unspecified atom stereocenters. The lowest BCUT2D eigenvalue weighted by molar-refractivity contribution is -0.128. The van der Waals surface area contributed by atoms with Gasteiger partial charge in [0.1, 0.15) is 6.61 Å². The number of ether oxygens (including phenoxy) is 2. The molecule has 6 nitrogen and oxygen atoms in total. The van der Waals surface area contributed by atoms with E-state index in [1.807, 2.05) is 60.4 Å². The monoisotopic (exact) mass is 406 g/mol. The Morgan fingerprint density at radius 1 is 1.20 bits per heavy atom. The van der Waals surface area contributed by atoms with Crippen LogP contribution < -0.4 is 14.8 Å². The van der Waals surface area contributed by atoms with E-state index in [2.05, 4.69) is 5.32 Å². The Morgan fingerprint density at radius 3 is 2.83 bits per heavy atom. The molecule has 1 N–H and O–H groups in total. The highest BCUT2D eigenvalue weighted by atomic mass is 16.5. The highest BCUT2D eigenvalue weighted by Crippen LogP contribution is 2.35. The molecule has 2 heterocycles. The third-order valence-electron chi connectivity index (χ3n) is 5.29. The Bertz CT molecular complexity index is 983. The Morgan fingerprint density at radius 2 is 2.03 bits per heavy atom. The molecule has 2 aliphatic heterocycles. The van der Waals surface area contributed by atoms with E-state index < -0.39 is 0 Å². The van der Waals surface area contributed by atoms with Crippen molar-refractivity contribution in [3.63, 3.8) is 0 Å². The SMILES string of the molecule is CCOc1cccc2c1OCC(C(=O)NCc1cccc(CN3CCCC3=O)c1)=C2. The number of nitrogens with one attached hydrogen (secondary N) is 1. The van der Waals surface area contributed by atoms with Crippen LogP contribution in [0.2, 0.25) is 0 Å². The zero-order valence-corrected chi connectivity index (χ0v) is 17.1. The predicted octanol–water partition coefficient (Wildman–Crippen LogP) is 3.30.